The number of rotatable bonds is 5. The second-order valence-corrected chi connectivity index (χ2v) is 15.3. The lowest BCUT2D eigenvalue weighted by Crippen LogP contribution is -2.31. The molecule has 0 saturated heterocycles. The Hall–Kier alpha value is -5.92. The Morgan fingerprint density at radius 2 is 1.15 bits per heavy atom. The molecule has 248 valence electrons. The molecule has 3 aliphatic rings. The van der Waals surface area contributed by atoms with E-state index in [2.05, 4.69) is 181 Å². The third-order valence-corrected chi connectivity index (χ3v) is 12.7. The van der Waals surface area contributed by atoms with E-state index < -0.39 is 0 Å². The molecule has 0 amide bonds. The van der Waals surface area contributed by atoms with Crippen molar-refractivity contribution in [3.63, 3.8) is 0 Å². The third kappa shape index (κ3) is 4.35. The summed E-state index contributed by atoms with van der Waals surface area (Å²) < 4.78 is 0. The van der Waals surface area contributed by atoms with Gasteiger partial charge in [0.05, 0.1) is 5.69 Å². The summed E-state index contributed by atoms with van der Waals surface area (Å²) >= 11 is 0. The van der Waals surface area contributed by atoms with E-state index in [-0.39, 0.29) is 5.41 Å². The van der Waals surface area contributed by atoms with Crippen molar-refractivity contribution in [2.45, 2.75) is 31.1 Å². The highest BCUT2D eigenvalue weighted by Crippen LogP contribution is 2.66. The van der Waals surface area contributed by atoms with Gasteiger partial charge in [-0.15, -0.1) is 0 Å². The van der Waals surface area contributed by atoms with Gasteiger partial charge in [0.25, 0.3) is 0 Å². The summed E-state index contributed by atoms with van der Waals surface area (Å²) in [6, 6.07) is 65.6. The van der Waals surface area contributed by atoms with Crippen LogP contribution in [0.1, 0.15) is 36.8 Å². The van der Waals surface area contributed by atoms with E-state index in [0.717, 1.165) is 23.2 Å². The molecule has 0 aromatic heterocycles. The van der Waals surface area contributed by atoms with Crippen molar-refractivity contribution in [3.8, 4) is 33.4 Å². The second kappa shape index (κ2) is 11.6. The minimum absolute atomic E-state index is 0.166. The first-order valence-corrected chi connectivity index (χ1v) is 19.0. The maximum Gasteiger partial charge on any atom is 0.0540 e. The Labute approximate surface area is 305 Å². The molecule has 2 saturated carbocycles. The number of benzene rings is 8. The lowest BCUT2D eigenvalue weighted by atomic mass is 9.66. The van der Waals surface area contributed by atoms with E-state index in [1.54, 1.807) is 11.1 Å². The van der Waals surface area contributed by atoms with Crippen LogP contribution in [0.4, 0.5) is 17.1 Å². The minimum atomic E-state index is 0.166. The molecule has 2 bridgehead atoms. The van der Waals surface area contributed by atoms with Crippen molar-refractivity contribution in [2.75, 3.05) is 4.90 Å². The lowest BCUT2D eigenvalue weighted by molar-refractivity contribution is 0.327. The lowest BCUT2D eigenvalue weighted by Gasteiger charge is -2.36. The standard InChI is InChI=1S/C51H39N/c1-2-11-35(12-3-1)37-22-26-40(27-23-37)52(41-28-24-36-13-4-5-14-38(36)32-41)49-30-29-43(42-15-6-7-16-44(42)49)45-18-10-20-48-50(45)46-17-8-9-19-47(46)51(48)33-34-21-25-39(51)31-34/h1-20,22-24,26-30,32,34,39H,21,25,31,33H2. The van der Waals surface area contributed by atoms with Crippen LogP contribution in [0.15, 0.2) is 176 Å². The van der Waals surface area contributed by atoms with Gasteiger partial charge in [0, 0.05) is 22.2 Å². The molecule has 2 fully saturated rings. The Morgan fingerprint density at radius 3 is 1.98 bits per heavy atom. The minimum Gasteiger partial charge on any atom is -0.310 e. The summed E-state index contributed by atoms with van der Waals surface area (Å²) in [5, 5.41) is 5.02. The van der Waals surface area contributed by atoms with Crippen LogP contribution in [-0.4, -0.2) is 0 Å². The van der Waals surface area contributed by atoms with Crippen molar-refractivity contribution >= 4 is 38.6 Å². The molecule has 0 radical (unpaired) electrons. The number of fused-ring (bicyclic) bond motifs is 10. The summed E-state index contributed by atoms with van der Waals surface area (Å²) in [5.74, 6) is 1.61. The second-order valence-electron chi connectivity index (χ2n) is 15.3. The predicted molar refractivity (Wildman–Crippen MR) is 219 cm³/mol. The van der Waals surface area contributed by atoms with E-state index in [9.17, 15) is 0 Å². The van der Waals surface area contributed by atoms with Crippen molar-refractivity contribution in [1.29, 1.82) is 0 Å². The summed E-state index contributed by atoms with van der Waals surface area (Å²) in [6.07, 6.45) is 5.44. The van der Waals surface area contributed by atoms with Crippen LogP contribution in [0.25, 0.3) is 54.9 Å². The fourth-order valence-corrected chi connectivity index (χ4v) is 10.6. The molecule has 1 heteroatoms. The van der Waals surface area contributed by atoms with E-state index in [4.69, 9.17) is 0 Å². The molecule has 1 nitrogen and oxygen atoms in total. The number of nitrogens with zero attached hydrogens (tertiary/aromatic N) is 1. The predicted octanol–water partition coefficient (Wildman–Crippen LogP) is 13.9. The van der Waals surface area contributed by atoms with E-state index in [1.807, 2.05) is 0 Å². The molecule has 3 aliphatic carbocycles. The van der Waals surface area contributed by atoms with Gasteiger partial charge in [-0.2, -0.15) is 0 Å². The molecule has 0 N–H and O–H groups in total. The first kappa shape index (κ1) is 29.8. The SMILES string of the molecule is c1ccc(-c2ccc(N(c3ccc4ccccc4c3)c3ccc(-c4cccc5c4-c4ccccc4C54CC5CCC4C5)c4ccccc34)cc2)cc1. The monoisotopic (exact) mass is 665 g/mol. The zero-order valence-corrected chi connectivity index (χ0v) is 29.2. The molecule has 8 aromatic rings. The fourth-order valence-electron chi connectivity index (χ4n) is 10.6. The number of anilines is 3. The van der Waals surface area contributed by atoms with E-state index >= 15 is 0 Å². The van der Waals surface area contributed by atoms with Gasteiger partial charge in [-0.25, -0.2) is 0 Å². The van der Waals surface area contributed by atoms with Crippen LogP contribution >= 0.6 is 0 Å². The van der Waals surface area contributed by atoms with Gasteiger partial charge in [-0.05, 0) is 122 Å². The highest BCUT2D eigenvalue weighted by molar-refractivity contribution is 6.09. The summed E-state index contributed by atoms with van der Waals surface area (Å²) in [5.41, 5.74) is 14.8. The van der Waals surface area contributed by atoms with Crippen LogP contribution in [0.3, 0.4) is 0 Å². The van der Waals surface area contributed by atoms with Gasteiger partial charge >= 0.3 is 0 Å². The molecule has 8 aromatic carbocycles. The molecular formula is C51H39N. The first-order valence-electron chi connectivity index (χ1n) is 19.0. The highest BCUT2D eigenvalue weighted by Gasteiger charge is 2.57. The largest absolute Gasteiger partial charge is 0.310 e. The number of hydrogen-bond donors (Lipinski definition) is 0. The van der Waals surface area contributed by atoms with Gasteiger partial charge in [0.1, 0.15) is 0 Å². The van der Waals surface area contributed by atoms with Crippen molar-refractivity contribution < 1.29 is 0 Å². The van der Waals surface area contributed by atoms with E-state index in [0.29, 0.717) is 0 Å². The van der Waals surface area contributed by atoms with Crippen LogP contribution in [0.2, 0.25) is 0 Å². The molecule has 0 aliphatic heterocycles. The van der Waals surface area contributed by atoms with Gasteiger partial charge in [-0.1, -0.05) is 152 Å². The van der Waals surface area contributed by atoms with Gasteiger partial charge in [0.2, 0.25) is 0 Å². The Morgan fingerprint density at radius 1 is 0.462 bits per heavy atom. The van der Waals surface area contributed by atoms with Gasteiger partial charge in [-0.3, -0.25) is 0 Å². The average Bonchev–Trinajstić information content (AvgIpc) is 3.91. The Kier molecular flexibility index (Phi) is 6.61. The zero-order chi connectivity index (χ0) is 34.2. The van der Waals surface area contributed by atoms with Crippen LogP contribution < -0.4 is 4.90 Å². The Balaban J connectivity index is 1.11. The average molecular weight is 666 g/mol. The van der Waals surface area contributed by atoms with Crippen molar-refractivity contribution in [3.05, 3.63) is 187 Å². The molecule has 3 unspecified atom stereocenters. The van der Waals surface area contributed by atoms with Crippen LogP contribution in [0.5, 0.6) is 0 Å². The maximum atomic E-state index is 2.47. The summed E-state index contributed by atoms with van der Waals surface area (Å²) in [6.45, 7) is 0. The maximum absolute atomic E-state index is 2.47. The molecule has 3 atom stereocenters. The van der Waals surface area contributed by atoms with Crippen molar-refractivity contribution in [2.24, 2.45) is 11.8 Å². The fraction of sp³-hybridized carbons (Fsp3) is 0.137. The Bertz CT molecular complexity index is 2650. The molecule has 52 heavy (non-hydrogen) atoms. The normalized spacial score (nSPS) is 19.7. The quantitative estimate of drug-likeness (QED) is 0.177. The van der Waals surface area contributed by atoms with Gasteiger partial charge < -0.3 is 4.90 Å². The van der Waals surface area contributed by atoms with Crippen LogP contribution in [-0.2, 0) is 5.41 Å². The zero-order valence-electron chi connectivity index (χ0n) is 29.2. The molecule has 1 spiro atoms. The van der Waals surface area contributed by atoms with E-state index in [1.165, 1.54) is 86.3 Å². The molecule has 0 heterocycles. The summed E-state index contributed by atoms with van der Waals surface area (Å²) in [4.78, 5) is 2.45. The number of hydrogen-bond acceptors (Lipinski definition) is 1. The topological polar surface area (TPSA) is 3.24 Å². The van der Waals surface area contributed by atoms with Crippen molar-refractivity contribution in [1.82, 2.24) is 0 Å². The molecular weight excluding hydrogens is 627 g/mol. The highest BCUT2D eigenvalue weighted by atomic mass is 15.1. The third-order valence-electron chi connectivity index (χ3n) is 12.7. The molecule has 11 rings (SSSR count). The first-order chi connectivity index (χ1) is 25.8. The van der Waals surface area contributed by atoms with Gasteiger partial charge in [0.15, 0.2) is 0 Å². The smallest absolute Gasteiger partial charge is 0.0540 e. The van der Waals surface area contributed by atoms with Crippen LogP contribution in [0, 0.1) is 11.8 Å². The summed E-state index contributed by atoms with van der Waals surface area (Å²) in [7, 11) is 0.